The van der Waals surface area contributed by atoms with E-state index in [-0.39, 0.29) is 11.3 Å². The van der Waals surface area contributed by atoms with E-state index < -0.39 is 5.97 Å². The number of phenols is 1. The second kappa shape index (κ2) is 21.9. The third kappa shape index (κ3) is 16.3. The SMILES string of the molecule is CCCCCCCCCCCCCCCCCCOc1cc(OCCCOc2ccc(O)cc2)cc(C(=O)O)c1. The molecule has 0 aromatic heterocycles. The molecule has 6 heteroatoms. The highest BCUT2D eigenvalue weighted by Gasteiger charge is 2.09. The minimum absolute atomic E-state index is 0.153. The lowest BCUT2D eigenvalue weighted by Crippen LogP contribution is -2.06. The van der Waals surface area contributed by atoms with Gasteiger partial charge in [-0.3, -0.25) is 0 Å². The molecule has 0 radical (unpaired) electrons. The molecule has 0 heterocycles. The number of benzene rings is 2. The number of hydrogen-bond donors (Lipinski definition) is 2. The maximum atomic E-state index is 11.5. The minimum Gasteiger partial charge on any atom is -0.508 e. The van der Waals surface area contributed by atoms with Crippen molar-refractivity contribution in [2.45, 2.75) is 116 Å². The Morgan fingerprint density at radius 3 is 1.40 bits per heavy atom. The van der Waals surface area contributed by atoms with Crippen LogP contribution >= 0.6 is 0 Å². The highest BCUT2D eigenvalue weighted by molar-refractivity contribution is 5.88. The van der Waals surface area contributed by atoms with Crippen LogP contribution in [0.5, 0.6) is 23.0 Å². The van der Waals surface area contributed by atoms with Gasteiger partial charge in [-0.2, -0.15) is 0 Å². The molecule has 0 aliphatic rings. The van der Waals surface area contributed by atoms with E-state index in [9.17, 15) is 15.0 Å². The predicted molar refractivity (Wildman–Crippen MR) is 162 cm³/mol. The summed E-state index contributed by atoms with van der Waals surface area (Å²) in [5.41, 5.74) is 0.153. The molecule has 0 fully saturated rings. The standard InChI is InChI=1S/C34H52O6/c1-2-3-4-5-6-7-8-9-10-11-12-13-14-15-16-17-23-39-32-26-29(34(36)37)27-33(28-32)40-25-18-24-38-31-21-19-30(35)20-22-31/h19-22,26-28,35H,2-18,23-25H2,1H3,(H,36,37). The van der Waals surface area contributed by atoms with Gasteiger partial charge in [0.2, 0.25) is 0 Å². The molecule has 0 amide bonds. The van der Waals surface area contributed by atoms with Crippen molar-refractivity contribution in [2.24, 2.45) is 0 Å². The van der Waals surface area contributed by atoms with Crippen LogP contribution in [0.25, 0.3) is 0 Å². The first-order valence-electron chi connectivity index (χ1n) is 15.6. The number of unbranched alkanes of at least 4 members (excludes halogenated alkanes) is 15. The third-order valence-corrected chi connectivity index (χ3v) is 7.06. The molecule has 40 heavy (non-hydrogen) atoms. The van der Waals surface area contributed by atoms with E-state index >= 15 is 0 Å². The maximum Gasteiger partial charge on any atom is 0.335 e. The average molecular weight is 557 g/mol. The molecule has 0 aliphatic carbocycles. The lowest BCUT2D eigenvalue weighted by atomic mass is 10.0. The van der Waals surface area contributed by atoms with Gasteiger partial charge in [0.05, 0.1) is 25.4 Å². The number of aromatic hydroxyl groups is 1. The Kier molecular flexibility index (Phi) is 18.2. The average Bonchev–Trinajstić information content (AvgIpc) is 2.95. The molecule has 2 N–H and O–H groups in total. The molecule has 0 aliphatic heterocycles. The molecule has 0 bridgehead atoms. The molecule has 0 saturated carbocycles. The van der Waals surface area contributed by atoms with Crippen LogP contribution in [0.15, 0.2) is 42.5 Å². The van der Waals surface area contributed by atoms with Crippen LogP contribution in [-0.2, 0) is 0 Å². The molecule has 0 saturated heterocycles. The van der Waals surface area contributed by atoms with Crippen molar-refractivity contribution in [2.75, 3.05) is 19.8 Å². The van der Waals surface area contributed by atoms with Gasteiger partial charge in [0.15, 0.2) is 0 Å². The highest BCUT2D eigenvalue weighted by atomic mass is 16.5. The number of rotatable bonds is 25. The van der Waals surface area contributed by atoms with Crippen LogP contribution < -0.4 is 14.2 Å². The molecule has 0 spiro atoms. The summed E-state index contributed by atoms with van der Waals surface area (Å²) >= 11 is 0. The highest BCUT2D eigenvalue weighted by Crippen LogP contribution is 2.24. The van der Waals surface area contributed by atoms with E-state index in [1.807, 2.05) is 0 Å². The van der Waals surface area contributed by atoms with Gasteiger partial charge in [-0.25, -0.2) is 4.79 Å². The Morgan fingerprint density at radius 2 is 0.950 bits per heavy atom. The normalized spacial score (nSPS) is 10.9. The lowest BCUT2D eigenvalue weighted by molar-refractivity contribution is 0.0695. The van der Waals surface area contributed by atoms with E-state index in [2.05, 4.69) is 6.92 Å². The Bertz CT molecular complexity index is 911. The fourth-order valence-corrected chi connectivity index (χ4v) is 4.68. The zero-order valence-electron chi connectivity index (χ0n) is 24.7. The smallest absolute Gasteiger partial charge is 0.335 e. The van der Waals surface area contributed by atoms with Crippen molar-refractivity contribution in [3.05, 3.63) is 48.0 Å². The van der Waals surface area contributed by atoms with Gasteiger partial charge < -0.3 is 24.4 Å². The summed E-state index contributed by atoms with van der Waals surface area (Å²) in [5.74, 6) is 0.869. The van der Waals surface area contributed by atoms with E-state index in [0.29, 0.717) is 43.5 Å². The first-order valence-corrected chi connectivity index (χ1v) is 15.6. The van der Waals surface area contributed by atoms with Crippen LogP contribution in [0.4, 0.5) is 0 Å². The summed E-state index contributed by atoms with van der Waals surface area (Å²) in [6, 6.07) is 11.4. The summed E-state index contributed by atoms with van der Waals surface area (Å²) in [6.45, 7) is 3.68. The van der Waals surface area contributed by atoms with Gasteiger partial charge in [-0.05, 0) is 42.8 Å². The first-order chi connectivity index (χ1) is 19.6. The number of carboxylic acid groups (broad SMARTS) is 1. The Labute approximate surface area is 242 Å². The lowest BCUT2D eigenvalue weighted by Gasteiger charge is -2.12. The fraction of sp³-hybridized carbons (Fsp3) is 0.618. The van der Waals surface area contributed by atoms with E-state index in [1.54, 1.807) is 36.4 Å². The molecule has 2 aromatic rings. The monoisotopic (exact) mass is 556 g/mol. The zero-order chi connectivity index (χ0) is 28.7. The second-order valence-electron chi connectivity index (χ2n) is 10.7. The number of aromatic carboxylic acids is 1. The minimum atomic E-state index is -1.01. The zero-order valence-corrected chi connectivity index (χ0v) is 24.7. The number of hydrogen-bond acceptors (Lipinski definition) is 5. The van der Waals surface area contributed by atoms with Crippen molar-refractivity contribution < 1.29 is 29.2 Å². The van der Waals surface area contributed by atoms with Gasteiger partial charge in [-0.15, -0.1) is 0 Å². The maximum absolute atomic E-state index is 11.5. The van der Waals surface area contributed by atoms with Crippen LogP contribution in [0.3, 0.4) is 0 Å². The molecular formula is C34H52O6. The Balaban J connectivity index is 1.50. The van der Waals surface area contributed by atoms with Crippen molar-refractivity contribution in [1.82, 2.24) is 0 Å². The number of carboxylic acids is 1. The van der Waals surface area contributed by atoms with Crippen molar-refractivity contribution in [3.8, 4) is 23.0 Å². The number of ether oxygens (including phenoxy) is 3. The van der Waals surface area contributed by atoms with Crippen LogP contribution in [-0.4, -0.2) is 36.0 Å². The molecule has 6 nitrogen and oxygen atoms in total. The van der Waals surface area contributed by atoms with E-state index in [1.165, 1.54) is 96.0 Å². The van der Waals surface area contributed by atoms with Gasteiger partial charge in [-0.1, -0.05) is 103 Å². The quantitative estimate of drug-likeness (QED) is 0.118. The van der Waals surface area contributed by atoms with Gasteiger partial charge >= 0.3 is 5.97 Å². The molecule has 2 rings (SSSR count). The number of carbonyl (C=O) groups is 1. The van der Waals surface area contributed by atoms with Crippen molar-refractivity contribution in [3.63, 3.8) is 0 Å². The van der Waals surface area contributed by atoms with Crippen LogP contribution in [0, 0.1) is 0 Å². The van der Waals surface area contributed by atoms with E-state index in [0.717, 1.165) is 12.8 Å². The van der Waals surface area contributed by atoms with Crippen molar-refractivity contribution >= 4 is 5.97 Å². The number of phenolic OH excluding ortho intramolecular Hbond substituents is 1. The van der Waals surface area contributed by atoms with Gasteiger partial charge in [0.25, 0.3) is 0 Å². The third-order valence-electron chi connectivity index (χ3n) is 7.06. The largest absolute Gasteiger partial charge is 0.508 e. The first kappa shape index (κ1) is 33.3. The van der Waals surface area contributed by atoms with Gasteiger partial charge in [0.1, 0.15) is 23.0 Å². The summed E-state index contributed by atoms with van der Waals surface area (Å²) in [4.78, 5) is 11.5. The summed E-state index contributed by atoms with van der Waals surface area (Å²) in [5, 5.41) is 18.8. The second-order valence-corrected chi connectivity index (χ2v) is 10.7. The molecule has 0 atom stereocenters. The van der Waals surface area contributed by atoms with Crippen molar-refractivity contribution in [1.29, 1.82) is 0 Å². The molecule has 2 aromatic carbocycles. The Hall–Kier alpha value is -2.89. The summed E-state index contributed by atoms with van der Waals surface area (Å²) in [6.07, 6.45) is 21.8. The molecule has 0 unspecified atom stereocenters. The topological polar surface area (TPSA) is 85.2 Å². The van der Waals surface area contributed by atoms with E-state index in [4.69, 9.17) is 14.2 Å². The Morgan fingerprint density at radius 1 is 0.550 bits per heavy atom. The fourth-order valence-electron chi connectivity index (χ4n) is 4.68. The summed E-state index contributed by atoms with van der Waals surface area (Å²) < 4.78 is 17.2. The van der Waals surface area contributed by atoms with Gasteiger partial charge in [0, 0.05) is 12.5 Å². The predicted octanol–water partition coefficient (Wildman–Crippen LogP) is 9.58. The van der Waals surface area contributed by atoms with Crippen LogP contribution in [0.1, 0.15) is 126 Å². The summed E-state index contributed by atoms with van der Waals surface area (Å²) in [7, 11) is 0. The molecular weight excluding hydrogens is 504 g/mol. The van der Waals surface area contributed by atoms with Crippen LogP contribution in [0.2, 0.25) is 0 Å². The molecule has 224 valence electrons.